The molecular weight excluding hydrogens is 271 g/mol. The Morgan fingerprint density at radius 3 is 2.17 bits per heavy atom. The zero-order chi connectivity index (χ0) is 13.8. The van der Waals surface area contributed by atoms with Crippen molar-refractivity contribution in [2.45, 2.75) is 12.7 Å². The summed E-state index contributed by atoms with van der Waals surface area (Å²) in [5.41, 5.74) is 6.28. The quantitative estimate of drug-likeness (QED) is 0.752. The van der Waals surface area contributed by atoms with E-state index < -0.39 is 22.9 Å². The van der Waals surface area contributed by atoms with Gasteiger partial charge in [-0.3, -0.25) is 4.72 Å². The molecule has 0 unspecified atom stereocenters. The van der Waals surface area contributed by atoms with Crippen molar-refractivity contribution in [1.82, 2.24) is 4.72 Å². The standard InChI is InChI=1S/C9H12F3N3O2S/c10-9(11,12)6-14-18(16,17)15-8-3-1-7(5-13)2-4-8/h1-4,14-15H,5-6,13H2. The molecule has 0 spiro atoms. The van der Waals surface area contributed by atoms with Gasteiger partial charge < -0.3 is 5.73 Å². The van der Waals surface area contributed by atoms with E-state index in [1.807, 2.05) is 4.72 Å². The van der Waals surface area contributed by atoms with Crippen LogP contribution in [0.2, 0.25) is 0 Å². The maximum atomic E-state index is 11.9. The number of hydrogen-bond donors (Lipinski definition) is 3. The summed E-state index contributed by atoms with van der Waals surface area (Å²) in [5, 5.41) is 0. The van der Waals surface area contributed by atoms with Crippen LogP contribution in [0.5, 0.6) is 0 Å². The minimum absolute atomic E-state index is 0.155. The zero-order valence-electron chi connectivity index (χ0n) is 9.16. The Labute approximate surface area is 102 Å². The summed E-state index contributed by atoms with van der Waals surface area (Å²) >= 11 is 0. The lowest BCUT2D eigenvalue weighted by atomic mass is 10.2. The summed E-state index contributed by atoms with van der Waals surface area (Å²) in [6, 6.07) is 5.97. The van der Waals surface area contributed by atoms with Crippen molar-refractivity contribution in [3.05, 3.63) is 29.8 Å². The lowest BCUT2D eigenvalue weighted by Gasteiger charge is -2.11. The highest BCUT2D eigenvalue weighted by Crippen LogP contribution is 2.14. The average Bonchev–Trinajstić information content (AvgIpc) is 2.26. The Bertz CT molecular complexity index is 485. The fraction of sp³-hybridized carbons (Fsp3) is 0.333. The van der Waals surface area contributed by atoms with Crippen LogP contribution in [-0.2, 0) is 16.8 Å². The third kappa shape index (κ3) is 5.34. The molecular formula is C9H12F3N3O2S. The second kappa shape index (κ2) is 5.55. The van der Waals surface area contributed by atoms with E-state index in [0.717, 1.165) is 5.56 Å². The van der Waals surface area contributed by atoms with E-state index in [9.17, 15) is 21.6 Å². The molecule has 0 fully saturated rings. The monoisotopic (exact) mass is 283 g/mol. The number of rotatable bonds is 5. The Hall–Kier alpha value is -1.32. The maximum Gasteiger partial charge on any atom is 0.402 e. The lowest BCUT2D eigenvalue weighted by molar-refractivity contribution is -0.121. The summed E-state index contributed by atoms with van der Waals surface area (Å²) in [6.07, 6.45) is -4.60. The van der Waals surface area contributed by atoms with Crippen LogP contribution < -0.4 is 15.2 Å². The molecule has 0 aromatic heterocycles. The van der Waals surface area contributed by atoms with Crippen LogP contribution in [0.1, 0.15) is 5.56 Å². The van der Waals surface area contributed by atoms with Gasteiger partial charge in [-0.05, 0) is 17.7 Å². The fourth-order valence-corrected chi connectivity index (χ4v) is 1.95. The van der Waals surface area contributed by atoms with Crippen LogP contribution in [0.15, 0.2) is 24.3 Å². The first kappa shape index (κ1) is 14.7. The molecule has 1 aromatic rings. The highest BCUT2D eigenvalue weighted by atomic mass is 32.2. The van der Waals surface area contributed by atoms with E-state index in [0.29, 0.717) is 6.54 Å². The molecule has 0 aliphatic carbocycles. The van der Waals surface area contributed by atoms with Gasteiger partial charge in [0, 0.05) is 12.2 Å². The predicted octanol–water partition coefficient (Wildman–Crippen LogP) is 0.954. The largest absolute Gasteiger partial charge is 0.402 e. The third-order valence-electron chi connectivity index (χ3n) is 1.90. The van der Waals surface area contributed by atoms with Gasteiger partial charge in [0.05, 0.1) is 0 Å². The number of nitrogens with two attached hydrogens (primary N) is 1. The number of alkyl halides is 3. The first-order valence-corrected chi connectivity index (χ1v) is 6.33. The molecule has 0 amide bonds. The summed E-state index contributed by atoms with van der Waals surface area (Å²) in [4.78, 5) is 0. The molecule has 0 saturated heterocycles. The Morgan fingerprint density at radius 2 is 1.72 bits per heavy atom. The predicted molar refractivity (Wildman–Crippen MR) is 60.9 cm³/mol. The molecule has 0 bridgehead atoms. The number of anilines is 1. The van der Waals surface area contributed by atoms with Gasteiger partial charge in [-0.25, -0.2) is 0 Å². The van der Waals surface area contributed by atoms with Gasteiger partial charge in [0.2, 0.25) is 0 Å². The van der Waals surface area contributed by atoms with Crippen LogP contribution in [0.3, 0.4) is 0 Å². The molecule has 0 saturated carbocycles. The van der Waals surface area contributed by atoms with Gasteiger partial charge in [0.1, 0.15) is 6.54 Å². The van der Waals surface area contributed by atoms with Crippen LogP contribution in [-0.4, -0.2) is 21.1 Å². The van der Waals surface area contributed by atoms with Gasteiger partial charge >= 0.3 is 6.18 Å². The molecule has 9 heteroatoms. The number of benzene rings is 1. The van der Waals surface area contributed by atoms with Gasteiger partial charge in [-0.2, -0.15) is 26.3 Å². The van der Waals surface area contributed by atoms with Gasteiger partial charge in [0.25, 0.3) is 10.2 Å². The highest BCUT2D eigenvalue weighted by molar-refractivity contribution is 7.90. The first-order valence-electron chi connectivity index (χ1n) is 4.85. The minimum Gasteiger partial charge on any atom is -0.326 e. The van der Waals surface area contributed by atoms with Crippen molar-refractivity contribution in [1.29, 1.82) is 0 Å². The summed E-state index contributed by atoms with van der Waals surface area (Å²) < 4.78 is 61.4. The highest BCUT2D eigenvalue weighted by Gasteiger charge is 2.29. The third-order valence-corrected chi connectivity index (χ3v) is 2.93. The molecule has 5 nitrogen and oxygen atoms in total. The van der Waals surface area contributed by atoms with E-state index in [2.05, 4.69) is 0 Å². The molecule has 1 rings (SSSR count). The molecule has 102 valence electrons. The SMILES string of the molecule is NCc1ccc(NS(=O)(=O)NCC(F)(F)F)cc1. The van der Waals surface area contributed by atoms with Crippen molar-refractivity contribution >= 4 is 15.9 Å². The molecule has 0 radical (unpaired) electrons. The second-order valence-electron chi connectivity index (χ2n) is 3.44. The number of nitrogens with one attached hydrogen (secondary N) is 2. The van der Waals surface area contributed by atoms with Crippen LogP contribution in [0, 0.1) is 0 Å². The van der Waals surface area contributed by atoms with Gasteiger partial charge in [0.15, 0.2) is 0 Å². The lowest BCUT2D eigenvalue weighted by Crippen LogP contribution is -2.37. The van der Waals surface area contributed by atoms with Crippen LogP contribution >= 0.6 is 0 Å². The van der Waals surface area contributed by atoms with E-state index in [-0.39, 0.29) is 5.69 Å². The van der Waals surface area contributed by atoms with E-state index in [1.165, 1.54) is 16.9 Å². The normalized spacial score (nSPS) is 12.4. The van der Waals surface area contributed by atoms with E-state index >= 15 is 0 Å². The molecule has 0 atom stereocenters. The second-order valence-corrected chi connectivity index (χ2v) is 4.94. The minimum atomic E-state index is -4.60. The molecule has 0 aliphatic rings. The summed E-state index contributed by atoms with van der Waals surface area (Å²) in [5.74, 6) is 0. The zero-order valence-corrected chi connectivity index (χ0v) is 9.98. The van der Waals surface area contributed by atoms with Crippen molar-refractivity contribution in [3.8, 4) is 0 Å². The average molecular weight is 283 g/mol. The van der Waals surface area contributed by atoms with Crippen molar-refractivity contribution in [3.63, 3.8) is 0 Å². The van der Waals surface area contributed by atoms with Crippen molar-refractivity contribution in [2.24, 2.45) is 5.73 Å². The number of halogens is 3. The van der Waals surface area contributed by atoms with Crippen LogP contribution in [0.25, 0.3) is 0 Å². The molecule has 0 aliphatic heterocycles. The topological polar surface area (TPSA) is 84.2 Å². The molecule has 1 aromatic carbocycles. The molecule has 0 heterocycles. The van der Waals surface area contributed by atoms with Crippen molar-refractivity contribution < 1.29 is 21.6 Å². The Morgan fingerprint density at radius 1 is 1.17 bits per heavy atom. The Kier molecular flexibility index (Phi) is 4.54. The van der Waals surface area contributed by atoms with Gasteiger partial charge in [-0.1, -0.05) is 12.1 Å². The van der Waals surface area contributed by atoms with E-state index in [1.54, 1.807) is 12.1 Å². The molecule has 18 heavy (non-hydrogen) atoms. The Balaban J connectivity index is 2.64. The smallest absolute Gasteiger partial charge is 0.326 e. The number of hydrogen-bond acceptors (Lipinski definition) is 3. The first-order chi connectivity index (χ1) is 8.22. The van der Waals surface area contributed by atoms with Crippen molar-refractivity contribution in [2.75, 3.05) is 11.3 Å². The fourth-order valence-electron chi connectivity index (χ4n) is 1.08. The maximum absolute atomic E-state index is 11.9. The molecule has 4 N–H and O–H groups in total. The summed E-state index contributed by atoms with van der Waals surface area (Å²) in [7, 11) is -4.24. The van der Waals surface area contributed by atoms with Gasteiger partial charge in [-0.15, -0.1) is 0 Å². The van der Waals surface area contributed by atoms with Crippen LogP contribution in [0.4, 0.5) is 18.9 Å². The van der Waals surface area contributed by atoms with E-state index in [4.69, 9.17) is 5.73 Å². The summed E-state index contributed by atoms with van der Waals surface area (Å²) in [6.45, 7) is -1.33.